The first kappa shape index (κ1) is 16.3. The van der Waals surface area contributed by atoms with E-state index in [1.807, 2.05) is 0 Å². The van der Waals surface area contributed by atoms with E-state index in [0.717, 1.165) is 6.92 Å². The lowest BCUT2D eigenvalue weighted by Gasteiger charge is -2.22. The molecule has 0 aliphatic carbocycles. The zero-order valence-electron chi connectivity index (χ0n) is 11.6. The van der Waals surface area contributed by atoms with Crippen LogP contribution in [0.4, 0.5) is 8.78 Å². The second-order valence-electron chi connectivity index (χ2n) is 4.70. The smallest absolute Gasteiger partial charge is 0.338 e. The average Bonchev–Trinajstić information content (AvgIpc) is 2.69. The number of benzene rings is 1. The first-order chi connectivity index (χ1) is 10.3. The molecule has 0 aromatic heterocycles. The molecular formula is C14H14F2O6. The quantitative estimate of drug-likeness (QED) is 0.839. The standard InChI is InChI=1S/C14H14F2O6/c1-8(17)20-7-10-11(14(15,16)13(19)21-10)22-12(18)9-5-3-2-4-6-9/h2-6,10-11,13,19H,7H2,1H3/t10-,11-,13-/m1/s1. The van der Waals surface area contributed by atoms with Crippen molar-refractivity contribution in [2.45, 2.75) is 31.3 Å². The fourth-order valence-corrected chi connectivity index (χ4v) is 1.95. The van der Waals surface area contributed by atoms with Gasteiger partial charge in [0.25, 0.3) is 0 Å². The Morgan fingerprint density at radius 3 is 2.55 bits per heavy atom. The molecule has 1 aliphatic rings. The van der Waals surface area contributed by atoms with Crippen LogP contribution in [0.15, 0.2) is 30.3 Å². The highest BCUT2D eigenvalue weighted by atomic mass is 19.3. The molecule has 0 amide bonds. The third-order valence-electron chi connectivity index (χ3n) is 3.04. The molecule has 8 heteroatoms. The van der Waals surface area contributed by atoms with Gasteiger partial charge in [-0.3, -0.25) is 4.79 Å². The summed E-state index contributed by atoms with van der Waals surface area (Å²) in [6.07, 6.45) is -5.96. The van der Waals surface area contributed by atoms with Gasteiger partial charge in [-0.05, 0) is 12.1 Å². The Balaban J connectivity index is 2.13. The first-order valence-electron chi connectivity index (χ1n) is 6.43. The minimum atomic E-state index is -3.81. The predicted octanol–water partition coefficient (Wildman–Crippen LogP) is 1.13. The molecule has 3 atom stereocenters. The van der Waals surface area contributed by atoms with Gasteiger partial charge in [0.2, 0.25) is 6.29 Å². The molecule has 0 unspecified atom stereocenters. The highest BCUT2D eigenvalue weighted by molar-refractivity contribution is 5.89. The zero-order valence-corrected chi connectivity index (χ0v) is 11.6. The number of alkyl halides is 2. The zero-order chi connectivity index (χ0) is 16.3. The van der Waals surface area contributed by atoms with Crippen LogP contribution in [0.25, 0.3) is 0 Å². The highest BCUT2D eigenvalue weighted by Gasteiger charge is 2.61. The summed E-state index contributed by atoms with van der Waals surface area (Å²) in [5.74, 6) is -5.51. The van der Waals surface area contributed by atoms with Crippen molar-refractivity contribution in [3.05, 3.63) is 35.9 Å². The summed E-state index contributed by atoms with van der Waals surface area (Å²) >= 11 is 0. The molecular weight excluding hydrogens is 302 g/mol. The molecule has 22 heavy (non-hydrogen) atoms. The van der Waals surface area contributed by atoms with Gasteiger partial charge >= 0.3 is 17.9 Å². The van der Waals surface area contributed by atoms with Gasteiger partial charge in [0, 0.05) is 6.92 Å². The summed E-state index contributed by atoms with van der Waals surface area (Å²) in [4.78, 5) is 22.6. The molecule has 0 spiro atoms. The fourth-order valence-electron chi connectivity index (χ4n) is 1.95. The van der Waals surface area contributed by atoms with Crippen LogP contribution in [0, 0.1) is 0 Å². The largest absolute Gasteiger partial charge is 0.463 e. The molecule has 0 saturated carbocycles. The van der Waals surface area contributed by atoms with Crippen LogP contribution in [0.1, 0.15) is 17.3 Å². The molecule has 120 valence electrons. The van der Waals surface area contributed by atoms with Gasteiger partial charge in [0.05, 0.1) is 5.56 Å². The van der Waals surface area contributed by atoms with Crippen LogP contribution in [0.5, 0.6) is 0 Å². The summed E-state index contributed by atoms with van der Waals surface area (Å²) in [6, 6.07) is 7.54. The van der Waals surface area contributed by atoms with Crippen LogP contribution in [-0.4, -0.2) is 48.1 Å². The summed E-state index contributed by atoms with van der Waals surface area (Å²) in [7, 11) is 0. The van der Waals surface area contributed by atoms with Crippen molar-refractivity contribution in [2.24, 2.45) is 0 Å². The maximum absolute atomic E-state index is 13.9. The first-order valence-corrected chi connectivity index (χ1v) is 6.43. The van der Waals surface area contributed by atoms with Crippen molar-refractivity contribution in [3.63, 3.8) is 0 Å². The van der Waals surface area contributed by atoms with Crippen LogP contribution >= 0.6 is 0 Å². The van der Waals surface area contributed by atoms with E-state index in [-0.39, 0.29) is 5.56 Å². The number of ether oxygens (including phenoxy) is 3. The van der Waals surface area contributed by atoms with E-state index in [4.69, 9.17) is 4.74 Å². The number of halogens is 2. The Kier molecular flexibility index (Phi) is 4.72. The van der Waals surface area contributed by atoms with Gasteiger partial charge in [0.1, 0.15) is 12.7 Å². The van der Waals surface area contributed by atoms with Crippen molar-refractivity contribution in [1.82, 2.24) is 0 Å². The summed E-state index contributed by atoms with van der Waals surface area (Å²) < 4.78 is 41.7. The minimum Gasteiger partial charge on any atom is -0.463 e. The number of esters is 2. The number of carbonyl (C=O) groups is 2. The molecule has 1 aromatic rings. The Morgan fingerprint density at radius 1 is 1.32 bits per heavy atom. The van der Waals surface area contributed by atoms with Crippen molar-refractivity contribution < 1.29 is 37.7 Å². The number of hydrogen-bond donors (Lipinski definition) is 1. The van der Waals surface area contributed by atoms with E-state index in [2.05, 4.69) is 9.47 Å². The van der Waals surface area contributed by atoms with Gasteiger partial charge in [-0.1, -0.05) is 18.2 Å². The van der Waals surface area contributed by atoms with E-state index in [1.165, 1.54) is 12.1 Å². The predicted molar refractivity (Wildman–Crippen MR) is 68.1 cm³/mol. The normalized spacial score (nSPS) is 26.5. The van der Waals surface area contributed by atoms with Crippen molar-refractivity contribution >= 4 is 11.9 Å². The molecule has 1 saturated heterocycles. The topological polar surface area (TPSA) is 82.1 Å². The lowest BCUT2D eigenvalue weighted by atomic mass is 10.1. The number of rotatable bonds is 4. The van der Waals surface area contributed by atoms with Crippen molar-refractivity contribution in [2.75, 3.05) is 6.61 Å². The maximum atomic E-state index is 13.9. The Bertz CT molecular complexity index is 548. The average molecular weight is 316 g/mol. The molecule has 2 rings (SSSR count). The van der Waals surface area contributed by atoms with Crippen LogP contribution < -0.4 is 0 Å². The molecule has 0 radical (unpaired) electrons. The molecule has 0 bridgehead atoms. The second kappa shape index (κ2) is 6.37. The number of hydrogen-bond acceptors (Lipinski definition) is 6. The van der Waals surface area contributed by atoms with Gasteiger partial charge in [0.15, 0.2) is 6.10 Å². The third-order valence-corrected chi connectivity index (χ3v) is 3.04. The molecule has 1 aliphatic heterocycles. The summed E-state index contributed by atoms with van der Waals surface area (Å²) in [5, 5.41) is 9.24. The molecule has 1 N–H and O–H groups in total. The van der Waals surface area contributed by atoms with E-state index in [1.54, 1.807) is 18.2 Å². The highest BCUT2D eigenvalue weighted by Crippen LogP contribution is 2.37. The lowest BCUT2D eigenvalue weighted by Crippen LogP contribution is -2.44. The summed E-state index contributed by atoms with van der Waals surface area (Å²) in [6.45, 7) is 0.531. The lowest BCUT2D eigenvalue weighted by molar-refractivity contribution is -0.199. The SMILES string of the molecule is CC(=O)OC[C@H]1O[C@@H](O)C(F)(F)[C@@H]1OC(=O)c1ccccc1. The van der Waals surface area contributed by atoms with E-state index >= 15 is 0 Å². The fraction of sp³-hybridized carbons (Fsp3) is 0.429. The molecule has 1 heterocycles. The number of aliphatic hydroxyl groups is 1. The molecule has 1 aromatic carbocycles. The molecule has 1 fully saturated rings. The number of aliphatic hydroxyl groups excluding tert-OH is 1. The van der Waals surface area contributed by atoms with Crippen LogP contribution in [0.3, 0.4) is 0 Å². The van der Waals surface area contributed by atoms with E-state index < -0.39 is 43.0 Å². The van der Waals surface area contributed by atoms with Gasteiger partial charge in [-0.15, -0.1) is 0 Å². The number of carbonyl (C=O) groups excluding carboxylic acids is 2. The Labute approximate surface area is 124 Å². The third kappa shape index (κ3) is 3.40. The van der Waals surface area contributed by atoms with Crippen LogP contribution in [0.2, 0.25) is 0 Å². The van der Waals surface area contributed by atoms with Crippen molar-refractivity contribution in [1.29, 1.82) is 0 Å². The van der Waals surface area contributed by atoms with Gasteiger partial charge < -0.3 is 19.3 Å². The minimum absolute atomic E-state index is 0.0749. The van der Waals surface area contributed by atoms with Gasteiger partial charge in [-0.25, -0.2) is 4.79 Å². The van der Waals surface area contributed by atoms with E-state index in [0.29, 0.717) is 0 Å². The van der Waals surface area contributed by atoms with Crippen molar-refractivity contribution in [3.8, 4) is 0 Å². The van der Waals surface area contributed by atoms with Gasteiger partial charge in [-0.2, -0.15) is 8.78 Å². The summed E-state index contributed by atoms with van der Waals surface area (Å²) in [5.41, 5.74) is 0.0749. The Hall–Kier alpha value is -2.06. The Morgan fingerprint density at radius 2 is 1.95 bits per heavy atom. The maximum Gasteiger partial charge on any atom is 0.338 e. The van der Waals surface area contributed by atoms with E-state index in [9.17, 15) is 23.5 Å². The van der Waals surface area contributed by atoms with Crippen LogP contribution in [-0.2, 0) is 19.0 Å². The monoisotopic (exact) mass is 316 g/mol. The molecule has 6 nitrogen and oxygen atoms in total. The second-order valence-corrected chi connectivity index (χ2v) is 4.70.